The summed E-state index contributed by atoms with van der Waals surface area (Å²) in [6, 6.07) is 0. The zero-order valence-electron chi connectivity index (χ0n) is 17.8. The normalized spacial score (nSPS) is 8.35. The SMILES string of the molecule is CCCC.CCCC.CCCC.CCCCCCOCOC.[Sn]. The first kappa shape index (κ1) is 34.9. The third kappa shape index (κ3) is 84.9. The Morgan fingerprint density at radius 3 is 1.17 bits per heavy atom. The summed E-state index contributed by atoms with van der Waals surface area (Å²) < 4.78 is 9.83. The van der Waals surface area contributed by atoms with E-state index in [0.29, 0.717) is 6.79 Å². The third-order valence-corrected chi connectivity index (χ3v) is 2.84. The molecule has 2 nitrogen and oxygen atoms in total. The molecule has 0 N–H and O–H groups in total. The van der Waals surface area contributed by atoms with Crippen LogP contribution in [0.2, 0.25) is 0 Å². The molecule has 0 bridgehead atoms. The van der Waals surface area contributed by atoms with Crippen molar-refractivity contribution in [1.29, 1.82) is 0 Å². The summed E-state index contributed by atoms with van der Waals surface area (Å²) in [5.74, 6) is 0. The molecule has 0 aromatic rings. The Morgan fingerprint density at radius 2 is 0.913 bits per heavy atom. The zero-order chi connectivity index (χ0) is 17.9. The second-order valence-electron chi connectivity index (χ2n) is 5.38. The first-order valence-electron chi connectivity index (χ1n) is 9.72. The predicted octanol–water partition coefficient (Wildman–Crippen LogP) is 7.23. The maximum Gasteiger partial charge on any atom is 0.146 e. The minimum Gasteiger partial charge on any atom is -0.359 e. The summed E-state index contributed by atoms with van der Waals surface area (Å²) in [5, 5.41) is 0. The summed E-state index contributed by atoms with van der Waals surface area (Å²) >= 11 is 0. The molecule has 23 heavy (non-hydrogen) atoms. The van der Waals surface area contributed by atoms with Gasteiger partial charge in [0.15, 0.2) is 0 Å². The van der Waals surface area contributed by atoms with Gasteiger partial charge in [0.1, 0.15) is 6.79 Å². The molecule has 0 rings (SSSR count). The van der Waals surface area contributed by atoms with Crippen LogP contribution in [0.5, 0.6) is 0 Å². The summed E-state index contributed by atoms with van der Waals surface area (Å²) in [6.45, 7) is 16.6. The number of hydrogen-bond donors (Lipinski definition) is 0. The molecule has 0 aliphatic heterocycles. The van der Waals surface area contributed by atoms with Crippen LogP contribution in [0.3, 0.4) is 0 Å². The first-order valence-corrected chi connectivity index (χ1v) is 9.72. The van der Waals surface area contributed by atoms with Gasteiger partial charge in [0.05, 0.1) is 0 Å². The molecule has 0 aliphatic rings. The second kappa shape index (κ2) is 49.5. The average molecular weight is 439 g/mol. The van der Waals surface area contributed by atoms with Gasteiger partial charge in [-0.25, -0.2) is 0 Å². The van der Waals surface area contributed by atoms with E-state index in [2.05, 4.69) is 48.5 Å². The number of rotatable bonds is 10. The molecule has 0 saturated carbocycles. The van der Waals surface area contributed by atoms with Crippen molar-refractivity contribution in [3.8, 4) is 0 Å². The Hall–Kier alpha value is 0.719. The van der Waals surface area contributed by atoms with Gasteiger partial charge in [-0.2, -0.15) is 0 Å². The summed E-state index contributed by atoms with van der Waals surface area (Å²) in [4.78, 5) is 0. The van der Waals surface area contributed by atoms with Crippen LogP contribution in [0.15, 0.2) is 0 Å². The van der Waals surface area contributed by atoms with Crippen LogP contribution in [-0.4, -0.2) is 44.4 Å². The van der Waals surface area contributed by atoms with Gasteiger partial charge in [-0.3, -0.25) is 0 Å². The number of hydrogen-bond acceptors (Lipinski definition) is 2. The molecule has 0 fully saturated rings. The maximum atomic E-state index is 5.11. The zero-order valence-corrected chi connectivity index (χ0v) is 20.7. The minimum absolute atomic E-state index is 0. The van der Waals surface area contributed by atoms with Crippen molar-refractivity contribution in [2.24, 2.45) is 0 Å². The van der Waals surface area contributed by atoms with Crippen molar-refractivity contribution >= 4 is 23.9 Å². The second-order valence-corrected chi connectivity index (χ2v) is 5.38. The predicted molar refractivity (Wildman–Crippen MR) is 109 cm³/mol. The molecule has 0 amide bonds. The minimum atomic E-state index is 0. The largest absolute Gasteiger partial charge is 0.359 e. The Morgan fingerprint density at radius 1 is 0.522 bits per heavy atom. The van der Waals surface area contributed by atoms with Crippen molar-refractivity contribution in [3.05, 3.63) is 0 Å². The van der Waals surface area contributed by atoms with Crippen LogP contribution in [0, 0.1) is 0 Å². The standard InChI is InChI=1S/C8H18O2.3C4H10.Sn/c1-3-4-5-6-7-10-8-9-2;3*1-3-4-2;/h3-8H2,1-2H3;3*3-4H2,1-2H3;. The average Bonchev–Trinajstić information content (AvgIpc) is 2.58. The number of unbranched alkanes of at least 4 members (excludes halogenated alkanes) is 6. The van der Waals surface area contributed by atoms with Gasteiger partial charge in [0, 0.05) is 37.6 Å². The van der Waals surface area contributed by atoms with E-state index in [9.17, 15) is 0 Å². The number of methoxy groups -OCH3 is 1. The molecule has 0 atom stereocenters. The van der Waals surface area contributed by atoms with Gasteiger partial charge < -0.3 is 9.47 Å². The third-order valence-electron chi connectivity index (χ3n) is 2.84. The molecule has 3 heteroatoms. The van der Waals surface area contributed by atoms with E-state index in [4.69, 9.17) is 9.47 Å². The smallest absolute Gasteiger partial charge is 0.146 e. The van der Waals surface area contributed by atoms with E-state index in [-0.39, 0.29) is 23.9 Å². The van der Waals surface area contributed by atoms with Gasteiger partial charge in [0.2, 0.25) is 0 Å². The van der Waals surface area contributed by atoms with Crippen molar-refractivity contribution < 1.29 is 9.47 Å². The van der Waals surface area contributed by atoms with Crippen LogP contribution in [0.1, 0.15) is 113 Å². The molecule has 0 saturated heterocycles. The van der Waals surface area contributed by atoms with E-state index in [1.54, 1.807) is 7.11 Å². The fourth-order valence-corrected chi connectivity index (χ4v) is 0.773. The topological polar surface area (TPSA) is 18.5 Å². The van der Waals surface area contributed by atoms with Gasteiger partial charge >= 0.3 is 0 Å². The van der Waals surface area contributed by atoms with Crippen LogP contribution in [-0.2, 0) is 9.47 Å². The monoisotopic (exact) mass is 440 g/mol. The Balaban J connectivity index is -0.0000000700. The van der Waals surface area contributed by atoms with E-state index in [1.807, 2.05) is 0 Å². The first-order chi connectivity index (χ1) is 10.7. The molecule has 0 unspecified atom stereocenters. The molecule has 0 aliphatic carbocycles. The van der Waals surface area contributed by atoms with Crippen molar-refractivity contribution in [2.75, 3.05) is 20.5 Å². The van der Waals surface area contributed by atoms with Crippen LogP contribution in [0.25, 0.3) is 0 Å². The summed E-state index contributed by atoms with van der Waals surface area (Å²) in [5.41, 5.74) is 0. The maximum absolute atomic E-state index is 5.11. The Bertz CT molecular complexity index is 98.7. The van der Waals surface area contributed by atoms with Crippen LogP contribution >= 0.6 is 0 Å². The molecule has 0 aromatic carbocycles. The molecule has 4 radical (unpaired) electrons. The molecule has 0 spiro atoms. The van der Waals surface area contributed by atoms with E-state index >= 15 is 0 Å². The van der Waals surface area contributed by atoms with Crippen molar-refractivity contribution in [3.63, 3.8) is 0 Å². The molecular weight excluding hydrogens is 391 g/mol. The van der Waals surface area contributed by atoms with Crippen LogP contribution < -0.4 is 0 Å². The number of ether oxygens (including phenoxy) is 2. The summed E-state index contributed by atoms with van der Waals surface area (Å²) in [6.07, 6.45) is 13.0. The van der Waals surface area contributed by atoms with Crippen molar-refractivity contribution in [2.45, 2.75) is 113 Å². The summed E-state index contributed by atoms with van der Waals surface area (Å²) in [7, 11) is 1.64. The van der Waals surface area contributed by atoms with Crippen LogP contribution in [0.4, 0.5) is 0 Å². The van der Waals surface area contributed by atoms with E-state index < -0.39 is 0 Å². The fourth-order valence-electron chi connectivity index (χ4n) is 0.773. The van der Waals surface area contributed by atoms with Gasteiger partial charge in [-0.1, -0.05) is 106 Å². The Kier molecular flexibility index (Phi) is 75.1. The van der Waals surface area contributed by atoms with Gasteiger partial charge in [0.25, 0.3) is 0 Å². The molecular formula is C20H48O2Sn. The van der Waals surface area contributed by atoms with E-state index in [1.165, 1.54) is 57.8 Å². The van der Waals surface area contributed by atoms with Crippen molar-refractivity contribution in [1.82, 2.24) is 0 Å². The molecule has 144 valence electrons. The van der Waals surface area contributed by atoms with E-state index in [0.717, 1.165) is 13.0 Å². The van der Waals surface area contributed by atoms with Gasteiger partial charge in [-0.05, 0) is 6.42 Å². The Labute approximate surface area is 166 Å². The molecule has 0 heterocycles. The molecule has 0 aromatic heterocycles. The quantitative estimate of drug-likeness (QED) is 0.203. The van der Waals surface area contributed by atoms with Gasteiger partial charge in [-0.15, -0.1) is 0 Å². The fraction of sp³-hybridized carbons (Fsp3) is 1.00.